The Labute approximate surface area is 191 Å². The molecule has 8 heteroatoms. The number of carbonyl (C=O) groups excluding carboxylic acids is 1. The predicted molar refractivity (Wildman–Crippen MR) is 120 cm³/mol. The highest BCUT2D eigenvalue weighted by Crippen LogP contribution is 2.41. The van der Waals surface area contributed by atoms with E-state index in [0.717, 1.165) is 0 Å². The number of ether oxygens (including phenoxy) is 3. The zero-order valence-corrected chi connectivity index (χ0v) is 18.6. The molecule has 170 valence electrons. The fourth-order valence-corrected chi connectivity index (χ4v) is 3.49. The van der Waals surface area contributed by atoms with E-state index < -0.39 is 0 Å². The minimum absolute atomic E-state index is 0.135. The van der Waals surface area contributed by atoms with Crippen molar-refractivity contribution in [1.29, 1.82) is 0 Å². The summed E-state index contributed by atoms with van der Waals surface area (Å²) in [5.74, 6) is 2.54. The van der Waals surface area contributed by atoms with Crippen LogP contribution in [0, 0.1) is 0 Å². The summed E-state index contributed by atoms with van der Waals surface area (Å²) in [6, 6.07) is 18.1. The number of benzene rings is 2. The number of aromatic nitrogens is 1. The Morgan fingerprint density at radius 2 is 1.64 bits per heavy atom. The maximum atomic E-state index is 13.2. The topological polar surface area (TPSA) is 87.2 Å². The van der Waals surface area contributed by atoms with Gasteiger partial charge in [0.25, 0.3) is 5.91 Å². The summed E-state index contributed by atoms with van der Waals surface area (Å²) >= 11 is 0. The molecule has 2 aromatic heterocycles. The first-order valence-electron chi connectivity index (χ1n) is 10.3. The van der Waals surface area contributed by atoms with Crippen LogP contribution in [0.2, 0.25) is 0 Å². The standard InChI is InChI=1S/C25H24N2O6/c1-29-22-12-18(13-23(30-2)24(22)31-3)21-14-19(26-33-21)15-27(16-20-10-7-11-32-20)25(28)17-8-5-4-6-9-17/h4-14H,15-16H2,1-3H3. The number of hydrogen-bond acceptors (Lipinski definition) is 7. The van der Waals surface area contributed by atoms with E-state index in [1.165, 1.54) is 0 Å². The lowest BCUT2D eigenvalue weighted by Crippen LogP contribution is -2.30. The summed E-state index contributed by atoms with van der Waals surface area (Å²) in [4.78, 5) is 14.8. The van der Waals surface area contributed by atoms with Crippen LogP contribution in [0.15, 0.2) is 75.9 Å². The molecular formula is C25H24N2O6. The molecule has 33 heavy (non-hydrogen) atoms. The normalized spacial score (nSPS) is 10.6. The lowest BCUT2D eigenvalue weighted by molar-refractivity contribution is 0.0713. The number of nitrogens with zero attached hydrogens (tertiary/aromatic N) is 2. The first-order chi connectivity index (χ1) is 16.1. The zero-order valence-electron chi connectivity index (χ0n) is 18.6. The summed E-state index contributed by atoms with van der Waals surface area (Å²) in [5.41, 5.74) is 1.88. The van der Waals surface area contributed by atoms with Gasteiger partial charge in [-0.05, 0) is 36.4 Å². The molecule has 0 N–H and O–H groups in total. The first kappa shape index (κ1) is 22.0. The largest absolute Gasteiger partial charge is 0.493 e. The summed E-state index contributed by atoms with van der Waals surface area (Å²) in [6.07, 6.45) is 1.58. The molecule has 0 saturated carbocycles. The molecule has 1 amide bonds. The molecular weight excluding hydrogens is 424 g/mol. The SMILES string of the molecule is COc1cc(-c2cc(CN(Cc3ccco3)C(=O)c3ccccc3)no2)cc(OC)c1OC. The molecule has 2 aromatic carbocycles. The number of furan rings is 1. The van der Waals surface area contributed by atoms with Gasteiger partial charge in [-0.2, -0.15) is 0 Å². The van der Waals surface area contributed by atoms with Crippen LogP contribution in [0.3, 0.4) is 0 Å². The highest BCUT2D eigenvalue weighted by molar-refractivity contribution is 5.94. The third kappa shape index (κ3) is 4.85. The van der Waals surface area contributed by atoms with Gasteiger partial charge in [-0.3, -0.25) is 4.79 Å². The van der Waals surface area contributed by atoms with Crippen molar-refractivity contribution in [3.63, 3.8) is 0 Å². The van der Waals surface area contributed by atoms with E-state index >= 15 is 0 Å². The third-order valence-corrected chi connectivity index (χ3v) is 5.10. The van der Waals surface area contributed by atoms with Crippen LogP contribution < -0.4 is 14.2 Å². The van der Waals surface area contributed by atoms with Crippen LogP contribution in [0.1, 0.15) is 21.8 Å². The van der Waals surface area contributed by atoms with E-state index in [4.69, 9.17) is 23.2 Å². The van der Waals surface area contributed by atoms with Gasteiger partial charge in [0.1, 0.15) is 11.5 Å². The fraction of sp³-hybridized carbons (Fsp3) is 0.200. The predicted octanol–water partition coefficient (Wildman–Crippen LogP) is 4.80. The molecule has 0 spiro atoms. The van der Waals surface area contributed by atoms with Crippen molar-refractivity contribution in [3.8, 4) is 28.6 Å². The van der Waals surface area contributed by atoms with Gasteiger partial charge in [-0.1, -0.05) is 23.4 Å². The van der Waals surface area contributed by atoms with Crippen molar-refractivity contribution in [3.05, 3.63) is 83.9 Å². The molecule has 2 heterocycles. The Kier molecular flexibility index (Phi) is 6.64. The average molecular weight is 448 g/mol. The van der Waals surface area contributed by atoms with E-state index in [-0.39, 0.29) is 12.5 Å². The van der Waals surface area contributed by atoms with Gasteiger partial charge in [-0.25, -0.2) is 0 Å². The maximum Gasteiger partial charge on any atom is 0.254 e. The van der Waals surface area contributed by atoms with E-state index in [1.54, 1.807) is 68.9 Å². The molecule has 8 nitrogen and oxygen atoms in total. The van der Waals surface area contributed by atoms with Crippen LogP contribution in [0.5, 0.6) is 17.2 Å². The molecule has 4 rings (SSSR count). The Morgan fingerprint density at radius 3 is 2.24 bits per heavy atom. The Morgan fingerprint density at radius 1 is 0.909 bits per heavy atom. The second kappa shape index (κ2) is 9.95. The number of rotatable bonds is 9. The molecule has 0 aliphatic carbocycles. The highest BCUT2D eigenvalue weighted by Gasteiger charge is 2.21. The van der Waals surface area contributed by atoms with Gasteiger partial charge in [0, 0.05) is 17.2 Å². The molecule has 0 saturated heterocycles. The Balaban J connectivity index is 1.61. The molecule has 0 unspecified atom stereocenters. The van der Waals surface area contributed by atoms with Crippen molar-refractivity contribution >= 4 is 5.91 Å². The van der Waals surface area contributed by atoms with E-state index in [0.29, 0.717) is 52.1 Å². The molecule has 0 atom stereocenters. The second-order valence-corrected chi connectivity index (χ2v) is 7.20. The third-order valence-electron chi connectivity index (χ3n) is 5.10. The van der Waals surface area contributed by atoms with Gasteiger partial charge in [0.15, 0.2) is 17.3 Å². The van der Waals surface area contributed by atoms with Crippen molar-refractivity contribution in [1.82, 2.24) is 10.1 Å². The Bertz CT molecular complexity index is 1180. The monoisotopic (exact) mass is 448 g/mol. The number of carbonyl (C=O) groups is 1. The number of amides is 1. The summed E-state index contributed by atoms with van der Waals surface area (Å²) in [7, 11) is 4.65. The van der Waals surface area contributed by atoms with Crippen LogP contribution in [0.4, 0.5) is 0 Å². The quantitative estimate of drug-likeness (QED) is 0.363. The van der Waals surface area contributed by atoms with Gasteiger partial charge in [0.05, 0.1) is 40.7 Å². The minimum Gasteiger partial charge on any atom is -0.493 e. The molecule has 4 aromatic rings. The van der Waals surface area contributed by atoms with Gasteiger partial charge < -0.3 is 28.1 Å². The smallest absolute Gasteiger partial charge is 0.254 e. The van der Waals surface area contributed by atoms with Crippen molar-refractivity contribution in [2.75, 3.05) is 21.3 Å². The van der Waals surface area contributed by atoms with Crippen LogP contribution >= 0.6 is 0 Å². The van der Waals surface area contributed by atoms with Crippen LogP contribution in [-0.4, -0.2) is 37.3 Å². The lowest BCUT2D eigenvalue weighted by Gasteiger charge is -2.20. The zero-order chi connectivity index (χ0) is 23.2. The molecule has 0 aliphatic rings. The van der Waals surface area contributed by atoms with E-state index in [9.17, 15) is 4.79 Å². The van der Waals surface area contributed by atoms with Crippen molar-refractivity contribution in [2.45, 2.75) is 13.1 Å². The van der Waals surface area contributed by atoms with Crippen molar-refractivity contribution < 1.29 is 27.9 Å². The molecule has 0 radical (unpaired) electrons. The number of methoxy groups -OCH3 is 3. The Hall–Kier alpha value is -4.20. The summed E-state index contributed by atoms with van der Waals surface area (Å²) in [5, 5.41) is 4.18. The van der Waals surface area contributed by atoms with Crippen LogP contribution in [0.25, 0.3) is 11.3 Å². The van der Waals surface area contributed by atoms with E-state index in [1.807, 2.05) is 24.3 Å². The molecule has 0 fully saturated rings. The summed E-state index contributed by atoms with van der Waals surface area (Å²) in [6.45, 7) is 0.537. The lowest BCUT2D eigenvalue weighted by atomic mass is 10.1. The molecule has 0 bridgehead atoms. The van der Waals surface area contributed by atoms with Gasteiger partial charge >= 0.3 is 0 Å². The maximum absolute atomic E-state index is 13.2. The second-order valence-electron chi connectivity index (χ2n) is 7.20. The summed E-state index contributed by atoms with van der Waals surface area (Å²) < 4.78 is 27.3. The minimum atomic E-state index is -0.135. The van der Waals surface area contributed by atoms with Crippen molar-refractivity contribution in [2.24, 2.45) is 0 Å². The van der Waals surface area contributed by atoms with Gasteiger partial charge in [0.2, 0.25) is 5.75 Å². The fourth-order valence-electron chi connectivity index (χ4n) is 3.49. The van der Waals surface area contributed by atoms with Crippen LogP contribution in [-0.2, 0) is 13.1 Å². The first-order valence-corrected chi connectivity index (χ1v) is 10.3. The number of hydrogen-bond donors (Lipinski definition) is 0. The highest BCUT2D eigenvalue weighted by atomic mass is 16.5. The van der Waals surface area contributed by atoms with E-state index in [2.05, 4.69) is 5.16 Å². The average Bonchev–Trinajstić information content (AvgIpc) is 3.55. The van der Waals surface area contributed by atoms with Gasteiger partial charge in [-0.15, -0.1) is 0 Å². The molecule has 0 aliphatic heterocycles.